The summed E-state index contributed by atoms with van der Waals surface area (Å²) in [4.78, 5) is 14.2. The van der Waals surface area contributed by atoms with Crippen molar-refractivity contribution in [2.75, 3.05) is 28.4 Å². The van der Waals surface area contributed by atoms with Crippen LogP contribution in [0.2, 0.25) is 0 Å². The molecule has 1 amide bonds. The minimum atomic E-state index is -1.56. The molecule has 2 atom stereocenters. The van der Waals surface area contributed by atoms with Crippen LogP contribution in [0.15, 0.2) is 30.3 Å². The first-order chi connectivity index (χ1) is 10.6. The van der Waals surface area contributed by atoms with E-state index in [1.165, 1.54) is 34.0 Å². The second kappa shape index (κ2) is 5.31. The molecule has 1 saturated heterocycles. The van der Waals surface area contributed by atoms with E-state index in [4.69, 9.17) is 18.9 Å². The third-order valence-electron chi connectivity index (χ3n) is 4.68. The van der Waals surface area contributed by atoms with Crippen molar-refractivity contribution in [2.45, 2.75) is 30.1 Å². The lowest BCUT2D eigenvalue weighted by molar-refractivity contribution is -0.459. The second-order valence-electron chi connectivity index (χ2n) is 5.51. The van der Waals surface area contributed by atoms with Crippen molar-refractivity contribution in [2.24, 2.45) is 0 Å². The van der Waals surface area contributed by atoms with Crippen molar-refractivity contribution < 1.29 is 23.7 Å². The highest BCUT2D eigenvalue weighted by atomic mass is 16.8. The highest BCUT2D eigenvalue weighted by Crippen LogP contribution is 2.56. The lowest BCUT2D eigenvalue weighted by Gasteiger charge is -2.59. The molecule has 1 saturated carbocycles. The monoisotopic (exact) mass is 307 g/mol. The third-order valence-corrected chi connectivity index (χ3v) is 4.68. The summed E-state index contributed by atoms with van der Waals surface area (Å²) in [6.07, 6.45) is 0.869. The Bertz CT molecular complexity index is 553. The van der Waals surface area contributed by atoms with E-state index in [-0.39, 0.29) is 17.9 Å². The highest BCUT2D eigenvalue weighted by molar-refractivity contribution is 5.93. The fourth-order valence-electron chi connectivity index (χ4n) is 3.49. The lowest BCUT2D eigenvalue weighted by atomic mass is 9.97. The van der Waals surface area contributed by atoms with Gasteiger partial charge in [-0.05, 0) is 12.0 Å². The molecule has 6 heteroatoms. The fourth-order valence-corrected chi connectivity index (χ4v) is 3.49. The van der Waals surface area contributed by atoms with Crippen LogP contribution in [0.25, 0.3) is 0 Å². The van der Waals surface area contributed by atoms with Gasteiger partial charge in [-0.3, -0.25) is 9.69 Å². The van der Waals surface area contributed by atoms with E-state index in [0.717, 1.165) is 6.42 Å². The molecule has 1 aliphatic heterocycles. The molecule has 1 aliphatic carbocycles. The Morgan fingerprint density at radius 3 is 2.09 bits per heavy atom. The number of hydrogen-bond donors (Lipinski definition) is 0. The molecule has 3 rings (SSSR count). The predicted octanol–water partition coefficient (Wildman–Crippen LogP) is 1.32. The molecular formula is C16H21NO5. The smallest absolute Gasteiger partial charge is 0.327 e. The van der Waals surface area contributed by atoms with Crippen molar-refractivity contribution in [3.63, 3.8) is 0 Å². The molecule has 0 radical (unpaired) electrons. The van der Waals surface area contributed by atoms with Crippen LogP contribution >= 0.6 is 0 Å². The molecule has 0 spiro atoms. The van der Waals surface area contributed by atoms with E-state index in [9.17, 15) is 4.79 Å². The van der Waals surface area contributed by atoms with Gasteiger partial charge in [-0.25, -0.2) is 0 Å². The van der Waals surface area contributed by atoms with Crippen molar-refractivity contribution in [3.05, 3.63) is 35.9 Å². The zero-order valence-corrected chi connectivity index (χ0v) is 13.2. The summed E-state index contributed by atoms with van der Waals surface area (Å²) in [5.41, 5.74) is 1.20. The second-order valence-corrected chi connectivity index (χ2v) is 5.51. The van der Waals surface area contributed by atoms with Gasteiger partial charge in [0.25, 0.3) is 5.91 Å². The summed E-state index contributed by atoms with van der Waals surface area (Å²) in [5, 5.41) is 0. The first-order valence-electron chi connectivity index (χ1n) is 7.21. The van der Waals surface area contributed by atoms with Gasteiger partial charge in [-0.15, -0.1) is 0 Å². The maximum absolute atomic E-state index is 12.7. The summed E-state index contributed by atoms with van der Waals surface area (Å²) in [7, 11) is 5.78. The highest BCUT2D eigenvalue weighted by Gasteiger charge is 2.80. The van der Waals surface area contributed by atoms with E-state index >= 15 is 0 Å². The van der Waals surface area contributed by atoms with Gasteiger partial charge in [0.15, 0.2) is 0 Å². The molecule has 1 aromatic rings. The molecule has 0 bridgehead atoms. The van der Waals surface area contributed by atoms with Gasteiger partial charge in [-0.1, -0.05) is 30.3 Å². The van der Waals surface area contributed by atoms with Crippen LogP contribution in [0.1, 0.15) is 17.9 Å². The zero-order valence-electron chi connectivity index (χ0n) is 13.2. The molecule has 0 aromatic heterocycles. The number of likely N-dealkylation sites (tertiary alicyclic amines) is 1. The number of β-lactam (4-membered cyclic amide) rings is 1. The molecule has 2 aliphatic rings. The molecule has 1 aromatic carbocycles. The molecule has 2 fully saturated rings. The Labute approximate surface area is 129 Å². The average Bonchev–Trinajstić information content (AvgIpc) is 3.34. The maximum Gasteiger partial charge on any atom is 0.327 e. The van der Waals surface area contributed by atoms with E-state index in [2.05, 4.69) is 12.1 Å². The Kier molecular flexibility index (Phi) is 3.72. The Morgan fingerprint density at radius 2 is 1.59 bits per heavy atom. The number of hydrogen-bond acceptors (Lipinski definition) is 5. The van der Waals surface area contributed by atoms with Crippen LogP contribution in [0, 0.1) is 0 Å². The van der Waals surface area contributed by atoms with Crippen LogP contribution in [0.3, 0.4) is 0 Å². The number of benzene rings is 1. The van der Waals surface area contributed by atoms with Crippen LogP contribution in [0.4, 0.5) is 0 Å². The van der Waals surface area contributed by atoms with Gasteiger partial charge in [0.2, 0.25) is 0 Å². The van der Waals surface area contributed by atoms with Crippen molar-refractivity contribution in [1.82, 2.24) is 4.90 Å². The van der Waals surface area contributed by atoms with Gasteiger partial charge in [0.05, 0.1) is 0 Å². The Morgan fingerprint density at radius 1 is 1.00 bits per heavy atom. The molecule has 0 N–H and O–H groups in total. The van der Waals surface area contributed by atoms with Crippen molar-refractivity contribution in [3.8, 4) is 0 Å². The van der Waals surface area contributed by atoms with Crippen LogP contribution in [-0.2, 0) is 23.7 Å². The van der Waals surface area contributed by atoms with Crippen LogP contribution < -0.4 is 0 Å². The van der Waals surface area contributed by atoms with Gasteiger partial charge >= 0.3 is 11.7 Å². The number of methoxy groups -OCH3 is 4. The minimum absolute atomic E-state index is 0.0215. The number of nitrogens with zero attached hydrogens (tertiary/aromatic N) is 1. The summed E-state index contributed by atoms with van der Waals surface area (Å²) in [6.45, 7) is 0. The topological polar surface area (TPSA) is 57.2 Å². The SMILES string of the molecule is COC1(OC)C(=O)N([C@@H]2C[C@H]2c2ccccc2)C1(OC)OC. The van der Waals surface area contributed by atoms with E-state index in [1.807, 2.05) is 18.2 Å². The summed E-state index contributed by atoms with van der Waals surface area (Å²) in [5.74, 6) is -2.91. The quantitative estimate of drug-likeness (QED) is 0.586. The third kappa shape index (κ3) is 1.72. The number of amides is 1. The molecule has 22 heavy (non-hydrogen) atoms. The molecule has 0 unspecified atom stereocenters. The largest absolute Gasteiger partial charge is 0.340 e. The summed E-state index contributed by atoms with van der Waals surface area (Å²) >= 11 is 0. The molecule has 1 heterocycles. The molecule has 6 nitrogen and oxygen atoms in total. The van der Waals surface area contributed by atoms with E-state index in [0.29, 0.717) is 0 Å². The van der Waals surface area contributed by atoms with E-state index < -0.39 is 11.7 Å². The normalized spacial score (nSPS) is 28.4. The van der Waals surface area contributed by atoms with E-state index in [1.54, 1.807) is 4.90 Å². The van der Waals surface area contributed by atoms with Gasteiger partial charge in [0, 0.05) is 40.4 Å². The van der Waals surface area contributed by atoms with Gasteiger partial charge in [0.1, 0.15) is 0 Å². The first-order valence-corrected chi connectivity index (χ1v) is 7.21. The van der Waals surface area contributed by atoms with Crippen LogP contribution in [-0.4, -0.2) is 57.0 Å². The standard InChI is InChI=1S/C16H21NO5/c1-19-15(20-2)14(18)17(16(15,21-3)22-4)13-10-12(13)11-8-6-5-7-9-11/h5-9,12-13H,10H2,1-4H3/t12-,13+/m0/s1. The number of rotatable bonds is 6. The first kappa shape index (κ1) is 15.4. The Balaban J connectivity index is 1.88. The minimum Gasteiger partial charge on any atom is -0.340 e. The lowest BCUT2D eigenvalue weighted by Crippen LogP contribution is -2.85. The predicted molar refractivity (Wildman–Crippen MR) is 77.9 cm³/mol. The zero-order chi connectivity index (χ0) is 16.0. The number of carbonyl (C=O) groups excluding carboxylic acids is 1. The number of ether oxygens (including phenoxy) is 4. The summed E-state index contributed by atoms with van der Waals surface area (Å²) in [6, 6.07) is 10.1. The average molecular weight is 307 g/mol. The van der Waals surface area contributed by atoms with Crippen LogP contribution in [0.5, 0.6) is 0 Å². The molecule has 120 valence electrons. The summed E-state index contributed by atoms with van der Waals surface area (Å²) < 4.78 is 21.7. The Hall–Kier alpha value is -1.47. The number of carbonyl (C=O) groups is 1. The van der Waals surface area contributed by atoms with Crippen molar-refractivity contribution >= 4 is 5.91 Å². The van der Waals surface area contributed by atoms with Gasteiger partial charge in [-0.2, -0.15) is 0 Å². The van der Waals surface area contributed by atoms with Crippen molar-refractivity contribution in [1.29, 1.82) is 0 Å². The fraction of sp³-hybridized carbons (Fsp3) is 0.562. The maximum atomic E-state index is 12.7. The molecular weight excluding hydrogens is 286 g/mol. The van der Waals surface area contributed by atoms with Gasteiger partial charge < -0.3 is 18.9 Å².